The Kier molecular flexibility index (Phi) is 3.88. The van der Waals surface area contributed by atoms with E-state index in [2.05, 4.69) is 12.6 Å². The van der Waals surface area contributed by atoms with E-state index in [-0.39, 0.29) is 17.9 Å². The Morgan fingerprint density at radius 2 is 2.19 bits per heavy atom. The molecule has 110 valence electrons. The van der Waals surface area contributed by atoms with Crippen molar-refractivity contribution in [2.24, 2.45) is 5.92 Å². The lowest BCUT2D eigenvalue weighted by molar-refractivity contribution is -0.143. The maximum Gasteiger partial charge on any atom is 0.252 e. The van der Waals surface area contributed by atoms with E-state index in [1.54, 1.807) is 0 Å². The van der Waals surface area contributed by atoms with Crippen LogP contribution in [0.2, 0.25) is 0 Å². The first-order valence-electron chi connectivity index (χ1n) is 7.32. The lowest BCUT2D eigenvalue weighted by Crippen LogP contribution is -2.44. The minimum absolute atomic E-state index is 0.0289. The molecule has 0 N–H and O–H groups in total. The number of carbonyl (C=O) groups excluding carboxylic acids is 2. The van der Waals surface area contributed by atoms with Gasteiger partial charge in [-0.15, -0.1) is 6.58 Å². The molecule has 4 heteroatoms. The molecule has 0 spiro atoms. The average molecular weight is 285 g/mol. The van der Waals surface area contributed by atoms with Crippen molar-refractivity contribution in [3.63, 3.8) is 0 Å². The summed E-state index contributed by atoms with van der Waals surface area (Å²) in [7, 11) is 0. The molecule has 1 unspecified atom stereocenters. The fourth-order valence-corrected chi connectivity index (χ4v) is 3.20. The highest BCUT2D eigenvalue weighted by molar-refractivity contribution is 5.83. The summed E-state index contributed by atoms with van der Waals surface area (Å²) in [5.74, 6) is -0.183. The van der Waals surface area contributed by atoms with E-state index in [0.29, 0.717) is 19.6 Å². The first-order chi connectivity index (χ1) is 10.2. The van der Waals surface area contributed by atoms with Gasteiger partial charge in [0.25, 0.3) is 5.91 Å². The lowest BCUT2D eigenvalue weighted by atomic mass is 9.92. The third kappa shape index (κ3) is 2.51. The largest absolute Gasteiger partial charge is 0.368 e. The van der Waals surface area contributed by atoms with Crippen molar-refractivity contribution in [3.8, 4) is 0 Å². The number of ether oxygens (including phenoxy) is 1. The van der Waals surface area contributed by atoms with Crippen LogP contribution >= 0.6 is 0 Å². The molecule has 3 rings (SSSR count). The molecule has 3 atom stereocenters. The Hall–Kier alpha value is -1.94. The zero-order chi connectivity index (χ0) is 14.8. The number of aldehydes is 1. The molecule has 2 heterocycles. The van der Waals surface area contributed by atoms with Gasteiger partial charge in [0.2, 0.25) is 0 Å². The Morgan fingerprint density at radius 3 is 2.90 bits per heavy atom. The number of benzene rings is 1. The predicted molar refractivity (Wildman–Crippen MR) is 78.7 cm³/mol. The maximum absolute atomic E-state index is 12.7. The van der Waals surface area contributed by atoms with Crippen molar-refractivity contribution < 1.29 is 14.3 Å². The molecule has 4 nitrogen and oxygen atoms in total. The summed E-state index contributed by atoms with van der Waals surface area (Å²) in [6.45, 7) is 4.90. The summed E-state index contributed by atoms with van der Waals surface area (Å²) in [5, 5.41) is 0. The van der Waals surface area contributed by atoms with Crippen LogP contribution in [0.3, 0.4) is 0 Å². The van der Waals surface area contributed by atoms with Crippen molar-refractivity contribution in [1.82, 2.24) is 4.90 Å². The Morgan fingerprint density at radius 1 is 1.38 bits per heavy atom. The maximum atomic E-state index is 12.7. The highest BCUT2D eigenvalue weighted by Gasteiger charge is 2.37. The van der Waals surface area contributed by atoms with Gasteiger partial charge in [-0.05, 0) is 24.0 Å². The molecule has 1 aromatic carbocycles. The molecule has 0 saturated carbocycles. The highest BCUT2D eigenvalue weighted by atomic mass is 16.5. The molecular weight excluding hydrogens is 266 g/mol. The number of hydrogen-bond acceptors (Lipinski definition) is 3. The van der Waals surface area contributed by atoms with E-state index < -0.39 is 6.10 Å². The van der Waals surface area contributed by atoms with E-state index in [0.717, 1.165) is 18.3 Å². The molecule has 0 aromatic heterocycles. The van der Waals surface area contributed by atoms with Crippen molar-refractivity contribution in [1.29, 1.82) is 0 Å². The SMILES string of the molecule is C=C[C@H]1c2ccccc2CCN1C(=O)[C@H]1CC(C=O)CO1. The second-order valence-corrected chi connectivity index (χ2v) is 5.61. The quantitative estimate of drug-likeness (QED) is 0.629. The summed E-state index contributed by atoms with van der Waals surface area (Å²) < 4.78 is 5.50. The van der Waals surface area contributed by atoms with Gasteiger partial charge in [0.15, 0.2) is 0 Å². The van der Waals surface area contributed by atoms with Gasteiger partial charge in [-0.1, -0.05) is 30.3 Å². The summed E-state index contributed by atoms with van der Waals surface area (Å²) in [6.07, 6.45) is 3.53. The minimum Gasteiger partial charge on any atom is -0.368 e. The zero-order valence-electron chi connectivity index (χ0n) is 11.9. The van der Waals surface area contributed by atoms with E-state index in [4.69, 9.17) is 4.74 Å². The molecular formula is C17H19NO3. The van der Waals surface area contributed by atoms with Gasteiger partial charge in [0.05, 0.1) is 12.6 Å². The predicted octanol–water partition coefficient (Wildman–Crippen LogP) is 1.90. The number of hydrogen-bond donors (Lipinski definition) is 0. The molecule has 2 aliphatic heterocycles. The van der Waals surface area contributed by atoms with Crippen LogP contribution in [-0.4, -0.2) is 36.3 Å². The Labute approximate surface area is 124 Å². The number of nitrogens with zero attached hydrogens (tertiary/aromatic N) is 1. The van der Waals surface area contributed by atoms with Gasteiger partial charge in [0.1, 0.15) is 12.4 Å². The van der Waals surface area contributed by atoms with Gasteiger partial charge in [-0.2, -0.15) is 0 Å². The number of amides is 1. The van der Waals surface area contributed by atoms with E-state index in [9.17, 15) is 9.59 Å². The van der Waals surface area contributed by atoms with Crippen LogP contribution in [0.15, 0.2) is 36.9 Å². The minimum atomic E-state index is -0.493. The molecule has 21 heavy (non-hydrogen) atoms. The molecule has 1 saturated heterocycles. The van der Waals surface area contributed by atoms with Crippen molar-refractivity contribution in [2.45, 2.75) is 25.0 Å². The first-order valence-corrected chi connectivity index (χ1v) is 7.32. The summed E-state index contributed by atoms with van der Waals surface area (Å²) in [4.78, 5) is 25.3. The third-order valence-corrected chi connectivity index (χ3v) is 4.33. The van der Waals surface area contributed by atoms with Gasteiger partial charge in [-0.3, -0.25) is 4.79 Å². The van der Waals surface area contributed by atoms with Gasteiger partial charge >= 0.3 is 0 Å². The van der Waals surface area contributed by atoms with E-state index in [1.807, 2.05) is 29.2 Å². The molecule has 1 aromatic rings. The normalized spacial score (nSPS) is 28.0. The average Bonchev–Trinajstić information content (AvgIpc) is 3.02. The highest BCUT2D eigenvalue weighted by Crippen LogP contribution is 2.32. The molecule has 1 amide bonds. The van der Waals surface area contributed by atoms with Crippen LogP contribution in [-0.2, 0) is 20.7 Å². The van der Waals surface area contributed by atoms with Crippen molar-refractivity contribution in [3.05, 3.63) is 48.0 Å². The summed E-state index contributed by atoms with van der Waals surface area (Å²) >= 11 is 0. The fraction of sp³-hybridized carbons (Fsp3) is 0.412. The molecule has 1 fully saturated rings. The Balaban J connectivity index is 1.81. The lowest BCUT2D eigenvalue weighted by Gasteiger charge is -2.36. The van der Waals surface area contributed by atoms with Crippen LogP contribution in [0.4, 0.5) is 0 Å². The molecule has 2 aliphatic rings. The summed E-state index contributed by atoms with van der Waals surface area (Å²) in [6, 6.07) is 8.04. The van der Waals surface area contributed by atoms with Crippen molar-refractivity contribution >= 4 is 12.2 Å². The number of rotatable bonds is 3. The zero-order valence-corrected chi connectivity index (χ0v) is 11.9. The van der Waals surface area contributed by atoms with E-state index in [1.165, 1.54) is 5.56 Å². The topological polar surface area (TPSA) is 46.6 Å². The molecule has 0 aliphatic carbocycles. The second-order valence-electron chi connectivity index (χ2n) is 5.61. The Bertz CT molecular complexity index is 569. The van der Waals surface area contributed by atoms with Crippen LogP contribution in [0.1, 0.15) is 23.6 Å². The smallest absolute Gasteiger partial charge is 0.252 e. The first kappa shape index (κ1) is 14.0. The van der Waals surface area contributed by atoms with Crippen molar-refractivity contribution in [2.75, 3.05) is 13.2 Å². The van der Waals surface area contributed by atoms with Crippen LogP contribution in [0.25, 0.3) is 0 Å². The van der Waals surface area contributed by atoms with Crippen LogP contribution in [0, 0.1) is 5.92 Å². The van der Waals surface area contributed by atoms with Crippen LogP contribution < -0.4 is 0 Å². The van der Waals surface area contributed by atoms with Gasteiger partial charge in [0, 0.05) is 12.5 Å². The molecule has 0 radical (unpaired) electrons. The van der Waals surface area contributed by atoms with E-state index >= 15 is 0 Å². The molecule has 0 bridgehead atoms. The second kappa shape index (κ2) is 5.82. The fourth-order valence-electron chi connectivity index (χ4n) is 3.20. The standard InChI is InChI=1S/C17H19NO3/c1-2-15-14-6-4-3-5-13(14)7-8-18(15)17(20)16-9-12(10-19)11-21-16/h2-6,10,12,15-16H,1,7-9,11H2/t12?,15-,16+/m0/s1. The van der Waals surface area contributed by atoms with Gasteiger partial charge in [-0.25, -0.2) is 0 Å². The summed E-state index contributed by atoms with van der Waals surface area (Å²) in [5.41, 5.74) is 2.40. The van der Waals surface area contributed by atoms with Crippen LogP contribution in [0.5, 0.6) is 0 Å². The van der Waals surface area contributed by atoms with Gasteiger partial charge < -0.3 is 14.4 Å². The third-order valence-electron chi connectivity index (χ3n) is 4.33. The number of carbonyl (C=O) groups is 2. The monoisotopic (exact) mass is 285 g/mol. The number of fused-ring (bicyclic) bond motifs is 1.